The van der Waals surface area contributed by atoms with E-state index in [1.165, 1.54) is 0 Å². The van der Waals surface area contributed by atoms with Gasteiger partial charge in [0.25, 0.3) is 0 Å². The summed E-state index contributed by atoms with van der Waals surface area (Å²) in [5.74, 6) is 1.60. The van der Waals surface area contributed by atoms with E-state index in [2.05, 4.69) is 0 Å². The largest absolute Gasteiger partial charge is 0.497 e. The minimum atomic E-state index is -0.0255. The first-order valence-corrected chi connectivity index (χ1v) is 4.75. The molecule has 0 aliphatic carbocycles. The quantitative estimate of drug-likeness (QED) is 0.800. The molecule has 0 spiro atoms. The predicted molar refractivity (Wildman–Crippen MR) is 56.8 cm³/mol. The van der Waals surface area contributed by atoms with Crippen LogP contribution in [0.15, 0.2) is 18.2 Å². The molecule has 1 rings (SSSR count). The van der Waals surface area contributed by atoms with E-state index in [1.807, 2.05) is 32.0 Å². The Morgan fingerprint density at radius 1 is 1.43 bits per heavy atom. The molecule has 14 heavy (non-hydrogen) atoms. The van der Waals surface area contributed by atoms with Crippen LogP contribution in [-0.2, 0) is 0 Å². The topological polar surface area (TPSA) is 44.5 Å². The molecule has 1 atom stereocenters. The van der Waals surface area contributed by atoms with Gasteiger partial charge in [-0.1, -0.05) is 6.07 Å². The number of hydrogen-bond donors (Lipinski definition) is 1. The Morgan fingerprint density at radius 3 is 2.64 bits per heavy atom. The average molecular weight is 195 g/mol. The summed E-state index contributed by atoms with van der Waals surface area (Å²) < 4.78 is 10.6. The molecule has 0 aromatic heterocycles. The number of rotatable bonds is 4. The molecule has 0 heterocycles. The summed E-state index contributed by atoms with van der Waals surface area (Å²) >= 11 is 0. The number of nitrogens with two attached hydrogens (primary N) is 1. The van der Waals surface area contributed by atoms with Crippen LogP contribution in [-0.4, -0.2) is 13.7 Å². The van der Waals surface area contributed by atoms with Crippen molar-refractivity contribution in [1.29, 1.82) is 0 Å². The van der Waals surface area contributed by atoms with Crippen molar-refractivity contribution in [3.8, 4) is 11.5 Å². The lowest BCUT2D eigenvalue weighted by Gasteiger charge is -2.14. The van der Waals surface area contributed by atoms with E-state index in [4.69, 9.17) is 15.2 Å². The normalized spacial score (nSPS) is 12.3. The summed E-state index contributed by atoms with van der Waals surface area (Å²) in [6.07, 6.45) is 0. The van der Waals surface area contributed by atoms with E-state index < -0.39 is 0 Å². The van der Waals surface area contributed by atoms with Crippen molar-refractivity contribution in [2.45, 2.75) is 19.9 Å². The maximum absolute atomic E-state index is 5.82. The second-order valence-electron chi connectivity index (χ2n) is 3.13. The molecule has 0 unspecified atom stereocenters. The van der Waals surface area contributed by atoms with Crippen molar-refractivity contribution >= 4 is 0 Å². The first-order chi connectivity index (χ1) is 6.69. The fourth-order valence-corrected chi connectivity index (χ4v) is 1.30. The molecule has 0 aliphatic rings. The molecule has 2 N–H and O–H groups in total. The zero-order valence-electron chi connectivity index (χ0n) is 8.91. The third-order valence-corrected chi connectivity index (χ3v) is 2.01. The number of benzene rings is 1. The highest BCUT2D eigenvalue weighted by Crippen LogP contribution is 2.28. The van der Waals surface area contributed by atoms with Gasteiger partial charge in [0, 0.05) is 17.7 Å². The zero-order valence-corrected chi connectivity index (χ0v) is 8.91. The van der Waals surface area contributed by atoms with E-state index in [9.17, 15) is 0 Å². The van der Waals surface area contributed by atoms with Crippen molar-refractivity contribution in [1.82, 2.24) is 0 Å². The van der Waals surface area contributed by atoms with Crippen LogP contribution in [0.2, 0.25) is 0 Å². The van der Waals surface area contributed by atoms with Gasteiger partial charge in [-0.25, -0.2) is 0 Å². The van der Waals surface area contributed by atoms with Gasteiger partial charge in [-0.3, -0.25) is 0 Å². The molecule has 0 bridgehead atoms. The van der Waals surface area contributed by atoms with Crippen LogP contribution in [0.3, 0.4) is 0 Å². The summed E-state index contributed by atoms with van der Waals surface area (Å²) in [6, 6.07) is 5.67. The SMILES string of the molecule is CCOc1cc(OC)ccc1[C@H](C)N. The predicted octanol–water partition coefficient (Wildman–Crippen LogP) is 2.11. The van der Waals surface area contributed by atoms with E-state index in [1.54, 1.807) is 7.11 Å². The Balaban J connectivity index is 3.03. The van der Waals surface area contributed by atoms with E-state index >= 15 is 0 Å². The third-order valence-electron chi connectivity index (χ3n) is 2.01. The zero-order chi connectivity index (χ0) is 10.6. The van der Waals surface area contributed by atoms with E-state index in [0.29, 0.717) is 6.61 Å². The Morgan fingerprint density at radius 2 is 2.14 bits per heavy atom. The van der Waals surface area contributed by atoms with Gasteiger partial charge >= 0.3 is 0 Å². The number of ether oxygens (including phenoxy) is 2. The van der Waals surface area contributed by atoms with Crippen LogP contribution in [0, 0.1) is 0 Å². The van der Waals surface area contributed by atoms with Gasteiger partial charge in [0.2, 0.25) is 0 Å². The molecule has 3 heteroatoms. The van der Waals surface area contributed by atoms with Crippen molar-refractivity contribution in [2.75, 3.05) is 13.7 Å². The molecule has 3 nitrogen and oxygen atoms in total. The Labute approximate surface area is 84.8 Å². The van der Waals surface area contributed by atoms with E-state index in [-0.39, 0.29) is 6.04 Å². The molecule has 1 aromatic carbocycles. The summed E-state index contributed by atoms with van der Waals surface area (Å²) in [5, 5.41) is 0. The first kappa shape index (κ1) is 10.9. The minimum Gasteiger partial charge on any atom is -0.497 e. The molecule has 0 radical (unpaired) electrons. The summed E-state index contributed by atoms with van der Waals surface area (Å²) in [4.78, 5) is 0. The van der Waals surface area contributed by atoms with Gasteiger partial charge in [-0.2, -0.15) is 0 Å². The van der Waals surface area contributed by atoms with Crippen LogP contribution in [0.5, 0.6) is 11.5 Å². The van der Waals surface area contributed by atoms with Gasteiger partial charge in [-0.15, -0.1) is 0 Å². The molecule has 0 saturated carbocycles. The van der Waals surface area contributed by atoms with Crippen molar-refractivity contribution in [2.24, 2.45) is 5.73 Å². The fourth-order valence-electron chi connectivity index (χ4n) is 1.30. The Bertz CT molecular complexity index is 297. The van der Waals surface area contributed by atoms with Gasteiger partial charge in [0.15, 0.2) is 0 Å². The van der Waals surface area contributed by atoms with Crippen molar-refractivity contribution in [3.05, 3.63) is 23.8 Å². The summed E-state index contributed by atoms with van der Waals surface area (Å²) in [6.45, 7) is 4.52. The van der Waals surface area contributed by atoms with E-state index in [0.717, 1.165) is 17.1 Å². The fraction of sp³-hybridized carbons (Fsp3) is 0.455. The molecule has 0 fully saturated rings. The lowest BCUT2D eigenvalue weighted by molar-refractivity contribution is 0.331. The van der Waals surface area contributed by atoms with Crippen molar-refractivity contribution in [3.63, 3.8) is 0 Å². The Hall–Kier alpha value is -1.22. The molecule has 0 amide bonds. The van der Waals surface area contributed by atoms with Crippen LogP contribution in [0.25, 0.3) is 0 Å². The number of hydrogen-bond acceptors (Lipinski definition) is 3. The third kappa shape index (κ3) is 2.39. The summed E-state index contributed by atoms with van der Waals surface area (Å²) in [7, 11) is 1.64. The lowest BCUT2D eigenvalue weighted by Crippen LogP contribution is -2.08. The standard InChI is InChI=1S/C11H17NO2/c1-4-14-11-7-9(13-3)5-6-10(11)8(2)12/h5-8H,4,12H2,1-3H3/t8-/m0/s1. The van der Waals surface area contributed by atoms with Crippen LogP contribution >= 0.6 is 0 Å². The highest BCUT2D eigenvalue weighted by atomic mass is 16.5. The maximum Gasteiger partial charge on any atom is 0.127 e. The average Bonchev–Trinajstić information content (AvgIpc) is 2.17. The van der Waals surface area contributed by atoms with Gasteiger partial charge < -0.3 is 15.2 Å². The second kappa shape index (κ2) is 4.86. The number of methoxy groups -OCH3 is 1. The van der Waals surface area contributed by atoms with Gasteiger partial charge in [0.1, 0.15) is 11.5 Å². The van der Waals surface area contributed by atoms with Crippen molar-refractivity contribution < 1.29 is 9.47 Å². The minimum absolute atomic E-state index is 0.0255. The molecular formula is C11H17NO2. The van der Waals surface area contributed by atoms with Gasteiger partial charge in [-0.05, 0) is 19.9 Å². The maximum atomic E-state index is 5.82. The highest BCUT2D eigenvalue weighted by Gasteiger charge is 2.08. The molecule has 78 valence electrons. The van der Waals surface area contributed by atoms with Crippen LogP contribution < -0.4 is 15.2 Å². The molecule has 1 aromatic rings. The monoisotopic (exact) mass is 195 g/mol. The van der Waals surface area contributed by atoms with Gasteiger partial charge in [0.05, 0.1) is 13.7 Å². The first-order valence-electron chi connectivity index (χ1n) is 4.75. The second-order valence-corrected chi connectivity index (χ2v) is 3.13. The summed E-state index contributed by atoms with van der Waals surface area (Å²) in [5.41, 5.74) is 6.82. The molecule has 0 saturated heterocycles. The Kier molecular flexibility index (Phi) is 3.77. The highest BCUT2D eigenvalue weighted by molar-refractivity contribution is 5.42. The molecular weight excluding hydrogens is 178 g/mol. The van der Waals surface area contributed by atoms with Crippen LogP contribution in [0.4, 0.5) is 0 Å². The van der Waals surface area contributed by atoms with Crippen LogP contribution in [0.1, 0.15) is 25.5 Å². The lowest BCUT2D eigenvalue weighted by atomic mass is 10.1. The molecule has 0 aliphatic heterocycles. The smallest absolute Gasteiger partial charge is 0.127 e.